The standard InChI is InChI=1S/C17H25NO6/c1-9(2)17(16(21)24-8)12(14(19)22-6)10(3)18(5)11(4)13(17)15(20)23-7/h9H,1-8H3. The van der Waals surface area contributed by atoms with Gasteiger partial charge in [-0.15, -0.1) is 0 Å². The highest BCUT2D eigenvalue weighted by atomic mass is 16.5. The molecule has 134 valence electrons. The van der Waals surface area contributed by atoms with E-state index in [1.165, 1.54) is 21.3 Å². The molecule has 0 unspecified atom stereocenters. The van der Waals surface area contributed by atoms with Gasteiger partial charge in [-0.05, 0) is 19.8 Å². The van der Waals surface area contributed by atoms with Crippen LogP contribution in [-0.4, -0.2) is 51.2 Å². The molecule has 0 aromatic carbocycles. The van der Waals surface area contributed by atoms with Gasteiger partial charge in [0.15, 0.2) is 0 Å². The number of nitrogens with zero attached hydrogens (tertiary/aromatic N) is 1. The van der Waals surface area contributed by atoms with Crippen molar-refractivity contribution in [1.82, 2.24) is 4.90 Å². The fourth-order valence-corrected chi connectivity index (χ4v) is 3.28. The molecule has 0 fully saturated rings. The van der Waals surface area contributed by atoms with Gasteiger partial charge in [0, 0.05) is 18.4 Å². The topological polar surface area (TPSA) is 82.1 Å². The van der Waals surface area contributed by atoms with Crippen LogP contribution in [-0.2, 0) is 28.6 Å². The van der Waals surface area contributed by atoms with Gasteiger partial charge in [0.1, 0.15) is 5.41 Å². The van der Waals surface area contributed by atoms with E-state index in [-0.39, 0.29) is 11.1 Å². The summed E-state index contributed by atoms with van der Waals surface area (Å²) in [7, 11) is 5.39. The van der Waals surface area contributed by atoms with E-state index >= 15 is 0 Å². The zero-order valence-electron chi connectivity index (χ0n) is 15.5. The third-order valence-electron chi connectivity index (χ3n) is 4.67. The quantitative estimate of drug-likeness (QED) is 0.569. The number of hydrogen-bond donors (Lipinski definition) is 0. The summed E-state index contributed by atoms with van der Waals surface area (Å²) in [5, 5.41) is 0. The van der Waals surface area contributed by atoms with Crippen LogP contribution < -0.4 is 0 Å². The maximum Gasteiger partial charge on any atom is 0.337 e. The van der Waals surface area contributed by atoms with Crippen molar-refractivity contribution in [2.75, 3.05) is 28.4 Å². The van der Waals surface area contributed by atoms with E-state index in [1.807, 2.05) is 0 Å². The van der Waals surface area contributed by atoms with Gasteiger partial charge in [0.05, 0.1) is 32.5 Å². The van der Waals surface area contributed by atoms with E-state index in [1.54, 1.807) is 39.6 Å². The third-order valence-corrected chi connectivity index (χ3v) is 4.67. The first-order chi connectivity index (χ1) is 11.1. The van der Waals surface area contributed by atoms with E-state index in [2.05, 4.69) is 0 Å². The molecule has 0 aliphatic carbocycles. The molecule has 0 atom stereocenters. The Balaban J connectivity index is 4.02. The Morgan fingerprint density at radius 3 is 1.50 bits per heavy atom. The van der Waals surface area contributed by atoms with Crippen molar-refractivity contribution < 1.29 is 28.6 Å². The highest BCUT2D eigenvalue weighted by molar-refractivity contribution is 6.08. The summed E-state index contributed by atoms with van der Waals surface area (Å²) in [6.45, 7) is 6.89. The first kappa shape index (κ1) is 19.7. The Kier molecular flexibility index (Phi) is 5.81. The number of rotatable bonds is 4. The molecule has 0 bridgehead atoms. The molecule has 0 amide bonds. The first-order valence-corrected chi connectivity index (χ1v) is 7.54. The largest absolute Gasteiger partial charge is 0.468 e. The molecule has 24 heavy (non-hydrogen) atoms. The van der Waals surface area contributed by atoms with Gasteiger partial charge < -0.3 is 19.1 Å². The lowest BCUT2D eigenvalue weighted by Gasteiger charge is -2.44. The monoisotopic (exact) mass is 339 g/mol. The number of methoxy groups -OCH3 is 3. The maximum absolute atomic E-state index is 12.9. The van der Waals surface area contributed by atoms with Crippen LogP contribution in [0.15, 0.2) is 22.5 Å². The van der Waals surface area contributed by atoms with Crippen molar-refractivity contribution in [3.05, 3.63) is 22.5 Å². The molecule has 0 aromatic rings. The van der Waals surface area contributed by atoms with Crippen LogP contribution in [0.1, 0.15) is 27.7 Å². The van der Waals surface area contributed by atoms with Gasteiger partial charge in [-0.25, -0.2) is 9.59 Å². The highest BCUT2D eigenvalue weighted by Gasteiger charge is 2.58. The van der Waals surface area contributed by atoms with Crippen LogP contribution in [0.5, 0.6) is 0 Å². The lowest BCUT2D eigenvalue weighted by molar-refractivity contribution is -0.157. The molecule has 0 N–H and O–H groups in total. The zero-order valence-corrected chi connectivity index (χ0v) is 15.5. The fourth-order valence-electron chi connectivity index (χ4n) is 3.28. The summed E-state index contributed by atoms with van der Waals surface area (Å²) >= 11 is 0. The second-order valence-electron chi connectivity index (χ2n) is 5.92. The zero-order chi connectivity index (χ0) is 18.8. The predicted molar refractivity (Wildman–Crippen MR) is 86.5 cm³/mol. The predicted octanol–water partition coefficient (Wildman–Crippen LogP) is 1.64. The van der Waals surface area contributed by atoms with E-state index in [0.29, 0.717) is 11.4 Å². The first-order valence-electron chi connectivity index (χ1n) is 7.54. The van der Waals surface area contributed by atoms with Gasteiger partial charge in [0.2, 0.25) is 0 Å². The number of hydrogen-bond acceptors (Lipinski definition) is 7. The Hall–Kier alpha value is -2.31. The minimum atomic E-state index is -1.60. The number of esters is 3. The Labute approximate surface area is 142 Å². The number of allylic oxidation sites excluding steroid dienone is 2. The molecule has 1 rings (SSSR count). The molecular formula is C17H25NO6. The lowest BCUT2D eigenvalue weighted by Crippen LogP contribution is -2.51. The van der Waals surface area contributed by atoms with Gasteiger partial charge >= 0.3 is 17.9 Å². The van der Waals surface area contributed by atoms with Gasteiger partial charge in [0.25, 0.3) is 0 Å². The van der Waals surface area contributed by atoms with Crippen molar-refractivity contribution in [3.8, 4) is 0 Å². The van der Waals surface area contributed by atoms with Gasteiger partial charge in [-0.1, -0.05) is 13.8 Å². The number of carbonyl (C=O) groups excluding carboxylic acids is 3. The second-order valence-corrected chi connectivity index (χ2v) is 5.92. The summed E-state index contributed by atoms with van der Waals surface area (Å²) in [5.41, 5.74) is -0.395. The van der Waals surface area contributed by atoms with Crippen molar-refractivity contribution >= 4 is 17.9 Å². The third kappa shape index (κ3) is 2.57. The minimum Gasteiger partial charge on any atom is -0.468 e. The van der Waals surface area contributed by atoms with E-state index in [4.69, 9.17) is 14.2 Å². The molecule has 1 aliphatic rings. The number of carbonyl (C=O) groups is 3. The van der Waals surface area contributed by atoms with E-state index in [9.17, 15) is 14.4 Å². The summed E-state index contributed by atoms with van der Waals surface area (Å²) < 4.78 is 14.8. The normalized spacial score (nSPS) is 17.1. The van der Waals surface area contributed by atoms with E-state index in [0.717, 1.165) is 0 Å². The molecule has 0 spiro atoms. The SMILES string of the molecule is COC(=O)C1=C(C)N(C)C(C)=C(C(=O)OC)C1(C(=O)OC)C(C)C. The Morgan fingerprint density at radius 2 is 1.25 bits per heavy atom. The molecule has 1 heterocycles. The maximum atomic E-state index is 12.9. The smallest absolute Gasteiger partial charge is 0.337 e. The van der Waals surface area contributed by atoms with E-state index < -0.39 is 29.2 Å². The second kappa shape index (κ2) is 7.07. The molecule has 1 aliphatic heterocycles. The Morgan fingerprint density at radius 1 is 0.875 bits per heavy atom. The fraction of sp³-hybridized carbons (Fsp3) is 0.588. The van der Waals surface area contributed by atoms with Crippen LogP contribution in [0.3, 0.4) is 0 Å². The number of ether oxygens (including phenoxy) is 3. The van der Waals surface area contributed by atoms with Crippen molar-refractivity contribution in [3.63, 3.8) is 0 Å². The molecule has 7 heteroatoms. The summed E-state index contributed by atoms with van der Waals surface area (Å²) in [5.74, 6) is -2.53. The highest BCUT2D eigenvalue weighted by Crippen LogP contribution is 2.51. The summed E-state index contributed by atoms with van der Waals surface area (Å²) in [4.78, 5) is 39.6. The van der Waals surface area contributed by atoms with Crippen molar-refractivity contribution in [2.24, 2.45) is 11.3 Å². The molecule has 0 aromatic heterocycles. The average molecular weight is 339 g/mol. The van der Waals surface area contributed by atoms with Gasteiger partial charge in [-0.3, -0.25) is 4.79 Å². The summed E-state index contributed by atoms with van der Waals surface area (Å²) in [6.07, 6.45) is 0. The molecule has 7 nitrogen and oxygen atoms in total. The molecular weight excluding hydrogens is 314 g/mol. The lowest BCUT2D eigenvalue weighted by atomic mass is 9.63. The average Bonchev–Trinajstić information content (AvgIpc) is 2.56. The molecule has 0 saturated carbocycles. The minimum absolute atomic E-state index is 0.0837. The molecule has 0 saturated heterocycles. The van der Waals surface area contributed by atoms with Crippen LogP contribution in [0.25, 0.3) is 0 Å². The van der Waals surface area contributed by atoms with Gasteiger partial charge in [-0.2, -0.15) is 0 Å². The van der Waals surface area contributed by atoms with Crippen LogP contribution in [0.4, 0.5) is 0 Å². The van der Waals surface area contributed by atoms with Crippen LogP contribution >= 0.6 is 0 Å². The van der Waals surface area contributed by atoms with Crippen LogP contribution in [0.2, 0.25) is 0 Å². The van der Waals surface area contributed by atoms with Crippen molar-refractivity contribution in [1.29, 1.82) is 0 Å². The van der Waals surface area contributed by atoms with Crippen molar-refractivity contribution in [2.45, 2.75) is 27.7 Å². The van der Waals surface area contributed by atoms with Crippen LogP contribution in [0, 0.1) is 11.3 Å². The molecule has 0 radical (unpaired) electrons. The Bertz CT molecular complexity index is 589. The summed E-state index contributed by atoms with van der Waals surface area (Å²) in [6, 6.07) is 0.